The third kappa shape index (κ3) is 4.05. The molecule has 0 aromatic heterocycles. The number of nitrogens with one attached hydrogen (secondary N) is 2. The molecule has 2 rings (SSSR count). The van der Waals surface area contributed by atoms with Crippen molar-refractivity contribution in [2.24, 2.45) is 0 Å². The van der Waals surface area contributed by atoms with Crippen LogP contribution in [0, 0.1) is 0 Å². The maximum absolute atomic E-state index is 12.5. The molecule has 1 saturated heterocycles. The minimum atomic E-state index is -3.71. The molecule has 112 valence electrons. The summed E-state index contributed by atoms with van der Waals surface area (Å²) < 4.78 is 53.0. The van der Waals surface area contributed by atoms with E-state index in [1.54, 1.807) is 12.1 Å². The molecule has 1 aromatic carbocycles. The zero-order valence-corrected chi connectivity index (χ0v) is 12.2. The van der Waals surface area contributed by atoms with Crippen molar-refractivity contribution in [2.45, 2.75) is 10.7 Å². The van der Waals surface area contributed by atoms with Crippen molar-refractivity contribution in [2.75, 3.05) is 30.9 Å². The van der Waals surface area contributed by atoms with Crippen LogP contribution in [0.4, 0.5) is 14.5 Å². The number of thioether (sulfide) groups is 1. The molecule has 0 bridgehead atoms. The van der Waals surface area contributed by atoms with Gasteiger partial charge in [0.2, 0.25) is 0 Å². The summed E-state index contributed by atoms with van der Waals surface area (Å²) in [6.45, 7) is 1.88. The second-order valence-electron chi connectivity index (χ2n) is 4.13. The average Bonchev–Trinajstić information content (AvgIpc) is 2.41. The van der Waals surface area contributed by atoms with E-state index in [0.717, 1.165) is 0 Å². The highest BCUT2D eigenvalue weighted by Gasteiger charge is 2.24. The van der Waals surface area contributed by atoms with Crippen LogP contribution < -0.4 is 10.0 Å². The second-order valence-corrected chi connectivity index (χ2v) is 6.83. The summed E-state index contributed by atoms with van der Waals surface area (Å²) in [5, 5.41) is 3.05. The van der Waals surface area contributed by atoms with E-state index in [2.05, 4.69) is 10.0 Å². The van der Waals surface area contributed by atoms with E-state index in [9.17, 15) is 17.2 Å². The Hall–Kier alpha value is -0.900. The standard InChI is InChI=1S/C11H15F2N3O2S2/c12-11(13)19-10-4-2-1-3-9(10)15-20(17,18)16-7-5-14-6-8-16/h1-4,11,14-15H,5-8H2. The van der Waals surface area contributed by atoms with Gasteiger partial charge in [-0.1, -0.05) is 23.9 Å². The number of anilines is 1. The Morgan fingerprint density at radius 2 is 1.90 bits per heavy atom. The maximum atomic E-state index is 12.5. The number of hydrogen-bond donors (Lipinski definition) is 2. The molecule has 0 spiro atoms. The van der Waals surface area contributed by atoms with Crippen LogP contribution in [0.5, 0.6) is 0 Å². The van der Waals surface area contributed by atoms with Crippen molar-refractivity contribution in [1.29, 1.82) is 0 Å². The van der Waals surface area contributed by atoms with Crippen LogP contribution in [-0.2, 0) is 10.2 Å². The first-order chi connectivity index (χ1) is 9.49. The molecular formula is C11H15F2N3O2S2. The highest BCUT2D eigenvalue weighted by atomic mass is 32.2. The average molecular weight is 323 g/mol. The fourth-order valence-electron chi connectivity index (χ4n) is 1.84. The Balaban J connectivity index is 2.16. The highest BCUT2D eigenvalue weighted by molar-refractivity contribution is 7.99. The Kier molecular flexibility index (Phi) is 5.19. The number of rotatable bonds is 5. The second kappa shape index (κ2) is 6.70. The number of nitrogens with zero attached hydrogens (tertiary/aromatic N) is 1. The Morgan fingerprint density at radius 3 is 2.55 bits per heavy atom. The number of benzene rings is 1. The van der Waals surface area contributed by atoms with Gasteiger partial charge in [-0.05, 0) is 12.1 Å². The predicted molar refractivity (Wildman–Crippen MR) is 75.3 cm³/mol. The van der Waals surface area contributed by atoms with Crippen molar-refractivity contribution >= 4 is 27.7 Å². The molecule has 2 N–H and O–H groups in total. The Morgan fingerprint density at radius 1 is 1.25 bits per heavy atom. The predicted octanol–water partition coefficient (Wildman–Crippen LogP) is 1.56. The van der Waals surface area contributed by atoms with Crippen LogP contribution in [0.15, 0.2) is 29.2 Å². The lowest BCUT2D eigenvalue weighted by Crippen LogP contribution is -2.48. The molecule has 1 heterocycles. The lowest BCUT2D eigenvalue weighted by Gasteiger charge is -2.27. The van der Waals surface area contributed by atoms with E-state index in [1.165, 1.54) is 16.4 Å². The van der Waals surface area contributed by atoms with Gasteiger partial charge in [-0.3, -0.25) is 4.72 Å². The lowest BCUT2D eigenvalue weighted by molar-refractivity contribution is 0.252. The molecule has 0 atom stereocenters. The minimum absolute atomic E-state index is 0.177. The molecule has 0 amide bonds. The maximum Gasteiger partial charge on any atom is 0.301 e. The van der Waals surface area contributed by atoms with E-state index >= 15 is 0 Å². The van der Waals surface area contributed by atoms with Crippen LogP contribution in [0.25, 0.3) is 0 Å². The third-order valence-electron chi connectivity index (χ3n) is 2.76. The zero-order valence-electron chi connectivity index (χ0n) is 10.6. The van der Waals surface area contributed by atoms with Gasteiger partial charge in [0, 0.05) is 31.1 Å². The Labute approximate surface area is 120 Å². The van der Waals surface area contributed by atoms with Crippen molar-refractivity contribution in [3.8, 4) is 0 Å². The summed E-state index contributed by atoms with van der Waals surface area (Å²) in [6.07, 6.45) is 0. The van der Waals surface area contributed by atoms with E-state index in [1.807, 2.05) is 0 Å². The zero-order chi connectivity index (χ0) is 14.6. The van der Waals surface area contributed by atoms with Crippen molar-refractivity contribution in [3.63, 3.8) is 0 Å². The van der Waals surface area contributed by atoms with Gasteiger partial charge in [0.05, 0.1) is 5.69 Å². The molecule has 1 aliphatic heterocycles. The van der Waals surface area contributed by atoms with E-state index in [4.69, 9.17) is 0 Å². The minimum Gasteiger partial charge on any atom is -0.314 e. The molecule has 0 aliphatic carbocycles. The highest BCUT2D eigenvalue weighted by Crippen LogP contribution is 2.32. The van der Waals surface area contributed by atoms with Crippen molar-refractivity contribution < 1.29 is 17.2 Å². The van der Waals surface area contributed by atoms with Gasteiger partial charge in [0.25, 0.3) is 5.76 Å². The molecule has 1 aromatic rings. The summed E-state index contributed by atoms with van der Waals surface area (Å²) in [4.78, 5) is 0.209. The summed E-state index contributed by atoms with van der Waals surface area (Å²) in [5.74, 6) is -2.60. The number of para-hydroxylation sites is 1. The number of alkyl halides is 2. The van der Waals surface area contributed by atoms with Crippen molar-refractivity contribution in [3.05, 3.63) is 24.3 Å². The smallest absolute Gasteiger partial charge is 0.301 e. The molecular weight excluding hydrogens is 308 g/mol. The van der Waals surface area contributed by atoms with Crippen LogP contribution in [0.2, 0.25) is 0 Å². The van der Waals surface area contributed by atoms with Gasteiger partial charge < -0.3 is 5.32 Å². The molecule has 0 radical (unpaired) electrons. The van der Waals surface area contributed by atoms with E-state index in [-0.39, 0.29) is 10.6 Å². The van der Waals surface area contributed by atoms with Crippen LogP contribution in [-0.4, -0.2) is 44.7 Å². The molecule has 1 fully saturated rings. The summed E-state index contributed by atoms with van der Waals surface area (Å²) >= 11 is 0.321. The number of hydrogen-bond acceptors (Lipinski definition) is 4. The first-order valence-corrected chi connectivity index (χ1v) is 8.33. The summed E-state index contributed by atoms with van der Waals surface area (Å²) in [7, 11) is -3.71. The molecule has 0 saturated carbocycles. The summed E-state index contributed by atoms with van der Waals surface area (Å²) in [5.41, 5.74) is 0.177. The van der Waals surface area contributed by atoms with Gasteiger partial charge in [0.1, 0.15) is 0 Å². The summed E-state index contributed by atoms with van der Waals surface area (Å²) in [6, 6.07) is 6.13. The molecule has 5 nitrogen and oxygen atoms in total. The van der Waals surface area contributed by atoms with E-state index in [0.29, 0.717) is 37.9 Å². The fraction of sp³-hybridized carbons (Fsp3) is 0.455. The number of piperazine rings is 1. The molecule has 9 heteroatoms. The number of halogens is 2. The van der Waals surface area contributed by atoms with Gasteiger partial charge >= 0.3 is 10.2 Å². The van der Waals surface area contributed by atoms with Gasteiger partial charge in [-0.15, -0.1) is 0 Å². The molecule has 20 heavy (non-hydrogen) atoms. The molecule has 0 unspecified atom stereocenters. The normalized spacial score (nSPS) is 17.4. The quantitative estimate of drug-likeness (QED) is 0.808. The van der Waals surface area contributed by atoms with Crippen LogP contribution >= 0.6 is 11.8 Å². The SMILES string of the molecule is O=S(=O)(Nc1ccccc1SC(F)F)N1CCNCC1. The van der Waals surface area contributed by atoms with Gasteiger partial charge in [0.15, 0.2) is 0 Å². The van der Waals surface area contributed by atoms with Crippen LogP contribution in [0.3, 0.4) is 0 Å². The lowest BCUT2D eigenvalue weighted by atomic mass is 10.3. The largest absolute Gasteiger partial charge is 0.314 e. The first-order valence-electron chi connectivity index (χ1n) is 6.01. The van der Waals surface area contributed by atoms with Crippen molar-refractivity contribution in [1.82, 2.24) is 9.62 Å². The van der Waals surface area contributed by atoms with Gasteiger partial charge in [-0.2, -0.15) is 21.5 Å². The topological polar surface area (TPSA) is 61.4 Å². The fourth-order valence-corrected chi connectivity index (χ4v) is 3.75. The van der Waals surface area contributed by atoms with E-state index < -0.39 is 16.0 Å². The van der Waals surface area contributed by atoms with Crippen LogP contribution in [0.1, 0.15) is 0 Å². The monoisotopic (exact) mass is 323 g/mol. The van der Waals surface area contributed by atoms with Gasteiger partial charge in [-0.25, -0.2) is 0 Å². The third-order valence-corrected chi connectivity index (χ3v) is 5.07. The first kappa shape index (κ1) is 15.5. The Bertz CT molecular complexity index is 548. The molecule has 1 aliphatic rings.